The highest BCUT2D eigenvalue weighted by Crippen LogP contribution is 2.57. The van der Waals surface area contributed by atoms with Crippen LogP contribution < -0.4 is 15.5 Å². The molecular weight excluding hydrogens is 452 g/mol. The molecule has 2 aromatic heterocycles. The molecule has 2 aromatic rings. The van der Waals surface area contributed by atoms with E-state index in [2.05, 4.69) is 39.5 Å². The number of amides is 2. The minimum absolute atomic E-state index is 0.119. The molecule has 2 N–H and O–H groups in total. The van der Waals surface area contributed by atoms with Gasteiger partial charge in [-0.1, -0.05) is 12.1 Å². The van der Waals surface area contributed by atoms with Crippen LogP contribution in [0.15, 0.2) is 42.6 Å². The van der Waals surface area contributed by atoms with Crippen molar-refractivity contribution in [1.82, 2.24) is 25.5 Å². The number of rotatable bonds is 9. The van der Waals surface area contributed by atoms with Gasteiger partial charge in [0.1, 0.15) is 17.2 Å². The van der Waals surface area contributed by atoms with Crippen molar-refractivity contribution < 1.29 is 9.59 Å². The fourth-order valence-electron chi connectivity index (χ4n) is 7.16. The summed E-state index contributed by atoms with van der Waals surface area (Å²) in [4.78, 5) is 39.7. The van der Waals surface area contributed by atoms with E-state index < -0.39 is 0 Å². The van der Waals surface area contributed by atoms with E-state index in [-0.39, 0.29) is 22.9 Å². The predicted molar refractivity (Wildman–Crippen MR) is 140 cm³/mol. The number of pyridine rings is 2. The molecule has 2 atom stereocenters. The maximum absolute atomic E-state index is 13.5. The molecule has 4 fully saturated rings. The van der Waals surface area contributed by atoms with Gasteiger partial charge in [0.15, 0.2) is 0 Å². The highest BCUT2D eigenvalue weighted by atomic mass is 16.2. The monoisotopic (exact) mass is 490 g/mol. The number of aromatic nitrogens is 2. The molecule has 0 saturated heterocycles. The van der Waals surface area contributed by atoms with E-state index in [9.17, 15) is 9.59 Å². The molecule has 2 amide bonds. The zero-order valence-electron chi connectivity index (χ0n) is 21.7. The highest BCUT2D eigenvalue weighted by molar-refractivity contribution is 5.94. The van der Waals surface area contributed by atoms with Crippen LogP contribution in [0.3, 0.4) is 0 Å². The Morgan fingerprint density at radius 3 is 2.14 bits per heavy atom. The SMILES string of the molecule is CN(C)CCCN(C)c1cccc(C(=O)NC23CC4CC(CC(NC(=O)c5ccccn5)(C4)C2)C3)n1. The lowest BCUT2D eigenvalue weighted by atomic mass is 9.49. The Balaban J connectivity index is 1.29. The minimum atomic E-state index is -0.298. The first-order chi connectivity index (χ1) is 17.2. The Morgan fingerprint density at radius 2 is 1.53 bits per heavy atom. The highest BCUT2D eigenvalue weighted by Gasteiger charge is 2.58. The summed E-state index contributed by atoms with van der Waals surface area (Å²) < 4.78 is 0. The lowest BCUT2D eigenvalue weighted by Crippen LogP contribution is -2.69. The van der Waals surface area contributed by atoms with Gasteiger partial charge in [-0.15, -0.1) is 0 Å². The summed E-state index contributed by atoms with van der Waals surface area (Å²) in [5.74, 6) is 1.60. The minimum Gasteiger partial charge on any atom is -0.360 e. The second kappa shape index (κ2) is 9.81. The molecule has 0 aromatic carbocycles. The molecule has 4 saturated carbocycles. The Kier molecular flexibility index (Phi) is 6.72. The number of nitrogens with one attached hydrogen (secondary N) is 2. The van der Waals surface area contributed by atoms with E-state index in [1.165, 1.54) is 6.42 Å². The molecule has 4 aliphatic rings. The van der Waals surface area contributed by atoms with E-state index >= 15 is 0 Å². The van der Waals surface area contributed by atoms with E-state index in [4.69, 9.17) is 4.98 Å². The van der Waals surface area contributed by atoms with E-state index in [0.29, 0.717) is 23.2 Å². The fraction of sp³-hybridized carbons (Fsp3) is 0.571. The van der Waals surface area contributed by atoms with E-state index in [0.717, 1.165) is 57.4 Å². The third-order valence-corrected chi connectivity index (χ3v) is 8.17. The quantitative estimate of drug-likeness (QED) is 0.561. The predicted octanol–water partition coefficient (Wildman–Crippen LogP) is 3.12. The summed E-state index contributed by atoms with van der Waals surface area (Å²) in [5, 5.41) is 6.76. The smallest absolute Gasteiger partial charge is 0.270 e. The number of hydrogen-bond acceptors (Lipinski definition) is 6. The van der Waals surface area contributed by atoms with Crippen LogP contribution in [0, 0.1) is 11.8 Å². The Bertz CT molecular complexity index is 1090. The van der Waals surface area contributed by atoms with Gasteiger partial charge in [0.05, 0.1) is 0 Å². The molecule has 8 nitrogen and oxygen atoms in total. The van der Waals surface area contributed by atoms with Crippen LogP contribution in [0.2, 0.25) is 0 Å². The first-order valence-electron chi connectivity index (χ1n) is 13.1. The molecule has 0 radical (unpaired) electrons. The maximum Gasteiger partial charge on any atom is 0.270 e. The van der Waals surface area contributed by atoms with Crippen LogP contribution in [0.4, 0.5) is 5.82 Å². The molecule has 2 unspecified atom stereocenters. The average molecular weight is 491 g/mol. The molecule has 2 heterocycles. The van der Waals surface area contributed by atoms with Gasteiger partial charge in [-0.25, -0.2) is 4.98 Å². The molecule has 0 spiro atoms. The van der Waals surface area contributed by atoms with Gasteiger partial charge in [0, 0.05) is 30.9 Å². The van der Waals surface area contributed by atoms with Crippen molar-refractivity contribution in [3.05, 3.63) is 54.0 Å². The second-order valence-corrected chi connectivity index (χ2v) is 11.6. The van der Waals surface area contributed by atoms with Crippen molar-refractivity contribution in [2.75, 3.05) is 39.1 Å². The fourth-order valence-corrected chi connectivity index (χ4v) is 7.16. The van der Waals surface area contributed by atoms with Crippen molar-refractivity contribution in [2.24, 2.45) is 11.8 Å². The number of hydrogen-bond donors (Lipinski definition) is 2. The van der Waals surface area contributed by atoms with E-state index in [1.807, 2.05) is 31.3 Å². The normalized spacial score (nSPS) is 28.2. The lowest BCUT2D eigenvalue weighted by Gasteiger charge is -2.62. The largest absolute Gasteiger partial charge is 0.360 e. The number of nitrogens with zero attached hydrogens (tertiary/aromatic N) is 4. The standard InChI is InChI=1S/C28H38N6O2/c1-33(2)12-7-13-34(3)24-10-6-9-23(30-24)26(36)32-28-17-20-14-21(18-28)16-27(15-20,19-28)31-25(35)22-8-4-5-11-29-22/h4-6,8-11,20-21H,7,12-19H2,1-3H3,(H,31,35)(H,32,36). The topological polar surface area (TPSA) is 90.5 Å². The molecule has 6 rings (SSSR count). The van der Waals surface area contributed by atoms with Crippen LogP contribution >= 0.6 is 0 Å². The van der Waals surface area contributed by atoms with Crippen LogP contribution in [0.5, 0.6) is 0 Å². The van der Waals surface area contributed by atoms with Crippen LogP contribution in [0.25, 0.3) is 0 Å². The number of carbonyl (C=O) groups is 2. The van der Waals surface area contributed by atoms with Crippen molar-refractivity contribution in [2.45, 2.75) is 56.0 Å². The van der Waals surface area contributed by atoms with Gasteiger partial charge in [0.25, 0.3) is 11.8 Å². The van der Waals surface area contributed by atoms with Crippen molar-refractivity contribution in [1.29, 1.82) is 0 Å². The van der Waals surface area contributed by atoms with Gasteiger partial charge in [-0.2, -0.15) is 0 Å². The molecular formula is C28H38N6O2. The molecule has 0 aliphatic heterocycles. The summed E-state index contributed by atoms with van der Waals surface area (Å²) in [6.45, 7) is 1.88. The van der Waals surface area contributed by atoms with Crippen LogP contribution in [-0.2, 0) is 0 Å². The van der Waals surface area contributed by atoms with Gasteiger partial charge >= 0.3 is 0 Å². The average Bonchev–Trinajstić information content (AvgIpc) is 2.83. The Labute approximate surface area is 213 Å². The Morgan fingerprint density at radius 1 is 0.889 bits per heavy atom. The van der Waals surface area contributed by atoms with Crippen LogP contribution in [0.1, 0.15) is 65.9 Å². The van der Waals surface area contributed by atoms with Crippen LogP contribution in [-0.4, -0.2) is 72.0 Å². The third kappa shape index (κ3) is 5.24. The van der Waals surface area contributed by atoms with Crippen molar-refractivity contribution in [3.63, 3.8) is 0 Å². The van der Waals surface area contributed by atoms with Crippen molar-refractivity contribution >= 4 is 17.6 Å². The summed E-state index contributed by atoms with van der Waals surface area (Å²) in [7, 11) is 6.16. The summed E-state index contributed by atoms with van der Waals surface area (Å²) in [6, 6.07) is 11.1. The first kappa shape index (κ1) is 24.7. The molecule has 192 valence electrons. The van der Waals surface area contributed by atoms with Gasteiger partial charge in [-0.05, 0) is 102 Å². The van der Waals surface area contributed by atoms with Gasteiger partial charge in [0.2, 0.25) is 0 Å². The zero-order chi connectivity index (χ0) is 25.3. The lowest BCUT2D eigenvalue weighted by molar-refractivity contribution is -0.0449. The van der Waals surface area contributed by atoms with Gasteiger partial charge < -0.3 is 20.4 Å². The maximum atomic E-state index is 13.5. The molecule has 4 bridgehead atoms. The second-order valence-electron chi connectivity index (χ2n) is 11.6. The molecule has 36 heavy (non-hydrogen) atoms. The number of carbonyl (C=O) groups excluding carboxylic acids is 2. The molecule has 8 heteroatoms. The first-order valence-corrected chi connectivity index (χ1v) is 13.1. The summed E-state index contributed by atoms with van der Waals surface area (Å²) >= 11 is 0. The molecule has 4 aliphatic carbocycles. The Hall–Kier alpha value is -3.00. The third-order valence-electron chi connectivity index (χ3n) is 8.17. The van der Waals surface area contributed by atoms with Crippen molar-refractivity contribution in [3.8, 4) is 0 Å². The zero-order valence-corrected chi connectivity index (χ0v) is 21.7. The summed E-state index contributed by atoms with van der Waals surface area (Å²) in [6.07, 6.45) is 8.53. The van der Waals surface area contributed by atoms with E-state index in [1.54, 1.807) is 18.3 Å². The summed E-state index contributed by atoms with van der Waals surface area (Å²) in [5.41, 5.74) is 0.318. The number of anilines is 1. The van der Waals surface area contributed by atoms with Gasteiger partial charge in [-0.3, -0.25) is 14.6 Å².